The second-order valence-electron chi connectivity index (χ2n) is 6.31. The Balaban J connectivity index is 2.01. The Labute approximate surface area is 162 Å². The number of fused-ring (bicyclic) bond motifs is 1. The summed E-state index contributed by atoms with van der Waals surface area (Å²) in [6.07, 6.45) is 2.47. The predicted molar refractivity (Wildman–Crippen MR) is 107 cm³/mol. The first-order valence-electron chi connectivity index (χ1n) is 8.66. The van der Waals surface area contributed by atoms with Crippen molar-refractivity contribution in [2.75, 3.05) is 19.0 Å². The van der Waals surface area contributed by atoms with Gasteiger partial charge >= 0.3 is 0 Å². The lowest BCUT2D eigenvalue weighted by atomic mass is 9.97. The lowest BCUT2D eigenvalue weighted by Gasteiger charge is -2.16. The fraction of sp³-hybridized carbons (Fsp3) is 0.278. The standard InChI is InChI=1S/C18H22N6O3S/c1-3-11(10-27-2)15(19)16-14-7-8-21-17(14)24-18(23-16)22-12-5-4-6-13(9-12)28(20,25)26/h4-9,11,19H,3,10H2,1-2H3,(H2,20,25,26)(H2,21,22,23,24)/t11-/m1/s1. The van der Waals surface area contributed by atoms with Crippen LogP contribution >= 0.6 is 0 Å². The highest BCUT2D eigenvalue weighted by molar-refractivity contribution is 7.89. The van der Waals surface area contributed by atoms with Gasteiger partial charge in [0, 0.05) is 30.3 Å². The molecule has 0 saturated carbocycles. The van der Waals surface area contributed by atoms with E-state index >= 15 is 0 Å². The van der Waals surface area contributed by atoms with Crippen molar-refractivity contribution in [3.8, 4) is 0 Å². The van der Waals surface area contributed by atoms with Gasteiger partial charge in [-0.25, -0.2) is 18.5 Å². The summed E-state index contributed by atoms with van der Waals surface area (Å²) in [6, 6.07) is 7.89. The molecule has 0 amide bonds. The Bertz CT molecular complexity index is 1110. The highest BCUT2D eigenvalue weighted by atomic mass is 32.2. The largest absolute Gasteiger partial charge is 0.384 e. The minimum Gasteiger partial charge on any atom is -0.384 e. The quantitative estimate of drug-likeness (QED) is 0.425. The number of rotatable bonds is 8. The fourth-order valence-electron chi connectivity index (χ4n) is 2.88. The summed E-state index contributed by atoms with van der Waals surface area (Å²) in [5.74, 6) is 0.144. The van der Waals surface area contributed by atoms with Crippen molar-refractivity contribution in [1.82, 2.24) is 15.0 Å². The van der Waals surface area contributed by atoms with Crippen LogP contribution in [-0.2, 0) is 14.8 Å². The number of ether oxygens (including phenoxy) is 1. The summed E-state index contributed by atoms with van der Waals surface area (Å²) in [5.41, 5.74) is 1.91. The van der Waals surface area contributed by atoms with E-state index in [1.165, 1.54) is 12.1 Å². The number of aromatic amines is 1. The maximum Gasteiger partial charge on any atom is 0.238 e. The number of benzene rings is 1. The summed E-state index contributed by atoms with van der Waals surface area (Å²) in [6.45, 7) is 2.41. The van der Waals surface area contributed by atoms with Gasteiger partial charge in [-0.15, -0.1) is 0 Å². The molecule has 0 aliphatic rings. The molecule has 2 heterocycles. The molecule has 0 aliphatic heterocycles. The average molecular weight is 402 g/mol. The van der Waals surface area contributed by atoms with Crippen LogP contribution in [0.15, 0.2) is 41.4 Å². The maximum absolute atomic E-state index is 11.6. The van der Waals surface area contributed by atoms with E-state index in [0.717, 1.165) is 11.8 Å². The van der Waals surface area contributed by atoms with E-state index in [1.54, 1.807) is 25.4 Å². The van der Waals surface area contributed by atoms with Crippen LogP contribution in [-0.4, -0.2) is 42.8 Å². The van der Waals surface area contributed by atoms with Crippen LogP contribution in [0.3, 0.4) is 0 Å². The molecule has 10 heteroatoms. The molecule has 0 aliphatic carbocycles. The minimum absolute atomic E-state index is 0.0161. The van der Waals surface area contributed by atoms with Crippen LogP contribution in [0.25, 0.3) is 11.0 Å². The van der Waals surface area contributed by atoms with Crippen molar-refractivity contribution in [2.45, 2.75) is 18.2 Å². The zero-order valence-electron chi connectivity index (χ0n) is 15.6. The first-order chi connectivity index (χ1) is 13.3. The van der Waals surface area contributed by atoms with Crippen LogP contribution in [0.2, 0.25) is 0 Å². The third kappa shape index (κ3) is 4.19. The number of nitrogens with zero attached hydrogens (tertiary/aromatic N) is 2. The van der Waals surface area contributed by atoms with Gasteiger partial charge in [-0.2, -0.15) is 4.98 Å². The van der Waals surface area contributed by atoms with E-state index in [9.17, 15) is 8.42 Å². The topological polar surface area (TPSA) is 147 Å². The molecule has 2 aromatic heterocycles. The van der Waals surface area contributed by atoms with E-state index in [4.69, 9.17) is 15.3 Å². The summed E-state index contributed by atoms with van der Waals surface area (Å²) >= 11 is 0. The monoisotopic (exact) mass is 402 g/mol. The number of aromatic nitrogens is 3. The smallest absolute Gasteiger partial charge is 0.238 e. The number of sulfonamides is 1. The molecule has 1 atom stereocenters. The van der Waals surface area contributed by atoms with Crippen molar-refractivity contribution < 1.29 is 13.2 Å². The highest BCUT2D eigenvalue weighted by Crippen LogP contribution is 2.23. The predicted octanol–water partition coefficient (Wildman–Crippen LogP) is 2.39. The van der Waals surface area contributed by atoms with Gasteiger partial charge in [-0.3, -0.25) is 0 Å². The third-order valence-corrected chi connectivity index (χ3v) is 5.27. The van der Waals surface area contributed by atoms with Crippen molar-refractivity contribution in [1.29, 1.82) is 5.41 Å². The third-order valence-electron chi connectivity index (χ3n) is 4.36. The zero-order chi connectivity index (χ0) is 20.3. The Morgan fingerprint density at radius 2 is 2.14 bits per heavy atom. The summed E-state index contributed by atoms with van der Waals surface area (Å²) in [5, 5.41) is 17.5. The number of H-pyrrole nitrogens is 1. The molecule has 5 N–H and O–H groups in total. The first-order valence-corrected chi connectivity index (χ1v) is 10.2. The Morgan fingerprint density at radius 3 is 2.82 bits per heavy atom. The lowest BCUT2D eigenvalue weighted by Crippen LogP contribution is -2.21. The summed E-state index contributed by atoms with van der Waals surface area (Å²) in [7, 11) is -2.22. The Hall–Kier alpha value is -2.82. The van der Waals surface area contributed by atoms with Crippen LogP contribution < -0.4 is 10.5 Å². The van der Waals surface area contributed by atoms with Gasteiger partial charge in [0.1, 0.15) is 5.65 Å². The van der Waals surface area contributed by atoms with E-state index in [0.29, 0.717) is 29.3 Å². The molecular weight excluding hydrogens is 380 g/mol. The highest BCUT2D eigenvalue weighted by Gasteiger charge is 2.20. The maximum atomic E-state index is 11.6. The van der Waals surface area contributed by atoms with Crippen molar-refractivity contribution in [3.05, 3.63) is 42.2 Å². The second kappa shape index (κ2) is 8.05. The number of primary sulfonamides is 1. The number of hydrogen-bond acceptors (Lipinski definition) is 7. The van der Waals surface area contributed by atoms with Crippen LogP contribution in [0, 0.1) is 11.3 Å². The van der Waals surface area contributed by atoms with E-state index in [-0.39, 0.29) is 16.8 Å². The molecule has 0 saturated heterocycles. The van der Waals surface area contributed by atoms with Gasteiger partial charge in [-0.1, -0.05) is 13.0 Å². The van der Waals surface area contributed by atoms with E-state index in [1.807, 2.05) is 13.0 Å². The first kappa shape index (κ1) is 19.9. The normalized spacial score (nSPS) is 12.8. The van der Waals surface area contributed by atoms with Gasteiger partial charge in [0.2, 0.25) is 16.0 Å². The molecule has 3 aromatic rings. The molecule has 0 spiro atoms. The molecule has 3 rings (SSSR count). The SMILES string of the molecule is CC[C@H](COC)C(=N)c1nc(Nc2cccc(S(N)(=O)=O)c2)nc2[nH]ccc12. The molecular formula is C18H22N6O3S. The van der Waals surface area contributed by atoms with E-state index in [2.05, 4.69) is 20.3 Å². The molecule has 0 bridgehead atoms. The Morgan fingerprint density at radius 1 is 1.36 bits per heavy atom. The molecule has 0 fully saturated rings. The van der Waals surface area contributed by atoms with Gasteiger partial charge in [-0.05, 0) is 30.7 Å². The number of methoxy groups -OCH3 is 1. The molecule has 0 unspecified atom stereocenters. The fourth-order valence-corrected chi connectivity index (χ4v) is 3.44. The molecule has 0 radical (unpaired) electrons. The van der Waals surface area contributed by atoms with E-state index < -0.39 is 10.0 Å². The average Bonchev–Trinajstić information content (AvgIpc) is 3.13. The van der Waals surface area contributed by atoms with Gasteiger partial charge in [0.25, 0.3) is 0 Å². The molecule has 28 heavy (non-hydrogen) atoms. The van der Waals surface area contributed by atoms with Crippen LogP contribution in [0.1, 0.15) is 19.0 Å². The lowest BCUT2D eigenvalue weighted by molar-refractivity contribution is 0.174. The van der Waals surface area contributed by atoms with Gasteiger partial charge in [0.15, 0.2) is 0 Å². The molecule has 1 aromatic carbocycles. The number of anilines is 2. The molecule has 9 nitrogen and oxygen atoms in total. The number of nitrogens with one attached hydrogen (secondary N) is 3. The van der Waals surface area contributed by atoms with Crippen LogP contribution in [0.5, 0.6) is 0 Å². The van der Waals surface area contributed by atoms with Crippen molar-refractivity contribution in [2.24, 2.45) is 11.1 Å². The van der Waals surface area contributed by atoms with Gasteiger partial charge in [0.05, 0.1) is 22.9 Å². The Kier molecular flexibility index (Phi) is 5.73. The summed E-state index contributed by atoms with van der Waals surface area (Å²) < 4.78 is 28.4. The number of hydrogen-bond donors (Lipinski definition) is 4. The summed E-state index contributed by atoms with van der Waals surface area (Å²) in [4.78, 5) is 11.9. The number of nitrogens with two attached hydrogens (primary N) is 1. The zero-order valence-corrected chi connectivity index (χ0v) is 16.4. The van der Waals surface area contributed by atoms with Crippen LogP contribution in [0.4, 0.5) is 11.6 Å². The minimum atomic E-state index is -3.82. The van der Waals surface area contributed by atoms with Gasteiger partial charge < -0.3 is 20.4 Å². The van der Waals surface area contributed by atoms with Crippen molar-refractivity contribution >= 4 is 38.4 Å². The molecule has 148 valence electrons. The van der Waals surface area contributed by atoms with Crippen molar-refractivity contribution in [3.63, 3.8) is 0 Å². The second-order valence-corrected chi connectivity index (χ2v) is 7.87.